The lowest BCUT2D eigenvalue weighted by Gasteiger charge is -2.39. The van der Waals surface area contributed by atoms with E-state index in [1.54, 1.807) is 11.3 Å². The van der Waals surface area contributed by atoms with Gasteiger partial charge in [-0.3, -0.25) is 4.90 Å². The molecule has 0 radical (unpaired) electrons. The molecule has 0 amide bonds. The van der Waals surface area contributed by atoms with Gasteiger partial charge in [-0.1, -0.05) is 0 Å². The van der Waals surface area contributed by atoms with E-state index < -0.39 is 0 Å². The number of aromatic nitrogens is 1. The SMILES string of the molecule is Cc1ncsc1CN(C)C1CC(N)C1. The van der Waals surface area contributed by atoms with E-state index in [2.05, 4.69) is 23.9 Å². The minimum absolute atomic E-state index is 0.435. The van der Waals surface area contributed by atoms with Crippen LogP contribution in [0.5, 0.6) is 0 Å². The minimum Gasteiger partial charge on any atom is -0.328 e. The van der Waals surface area contributed by atoms with E-state index in [0.29, 0.717) is 12.1 Å². The fraction of sp³-hybridized carbons (Fsp3) is 0.700. The third-order valence-corrected chi connectivity index (χ3v) is 3.93. The first-order chi connectivity index (χ1) is 6.66. The number of aryl methyl sites for hydroxylation is 1. The Kier molecular flexibility index (Phi) is 2.85. The van der Waals surface area contributed by atoms with Crippen molar-refractivity contribution in [2.24, 2.45) is 5.73 Å². The van der Waals surface area contributed by atoms with Crippen LogP contribution in [0.3, 0.4) is 0 Å². The molecule has 0 aromatic carbocycles. The van der Waals surface area contributed by atoms with Crippen LogP contribution in [-0.4, -0.2) is 29.0 Å². The van der Waals surface area contributed by atoms with Crippen molar-refractivity contribution in [3.8, 4) is 0 Å². The van der Waals surface area contributed by atoms with Gasteiger partial charge in [-0.05, 0) is 26.8 Å². The van der Waals surface area contributed by atoms with Gasteiger partial charge in [0.05, 0.1) is 11.2 Å². The van der Waals surface area contributed by atoms with E-state index in [0.717, 1.165) is 19.4 Å². The summed E-state index contributed by atoms with van der Waals surface area (Å²) in [5.74, 6) is 0. The molecule has 1 aromatic heterocycles. The molecule has 2 rings (SSSR count). The lowest BCUT2D eigenvalue weighted by Crippen LogP contribution is -2.48. The van der Waals surface area contributed by atoms with Gasteiger partial charge in [0.1, 0.15) is 0 Å². The normalized spacial score (nSPS) is 26.6. The van der Waals surface area contributed by atoms with E-state index in [4.69, 9.17) is 5.73 Å². The van der Waals surface area contributed by atoms with Gasteiger partial charge in [0.15, 0.2) is 0 Å². The van der Waals surface area contributed by atoms with Crippen molar-refractivity contribution in [1.82, 2.24) is 9.88 Å². The van der Waals surface area contributed by atoms with Gasteiger partial charge in [-0.15, -0.1) is 11.3 Å². The van der Waals surface area contributed by atoms with Crippen LogP contribution in [0.25, 0.3) is 0 Å². The van der Waals surface area contributed by atoms with Crippen LogP contribution < -0.4 is 5.73 Å². The molecule has 0 spiro atoms. The molecule has 2 N–H and O–H groups in total. The molecular weight excluding hydrogens is 194 g/mol. The summed E-state index contributed by atoms with van der Waals surface area (Å²) >= 11 is 1.75. The quantitative estimate of drug-likeness (QED) is 0.821. The third kappa shape index (κ3) is 1.97. The number of hydrogen-bond donors (Lipinski definition) is 1. The second-order valence-electron chi connectivity index (χ2n) is 4.16. The smallest absolute Gasteiger partial charge is 0.0798 e. The highest BCUT2D eigenvalue weighted by molar-refractivity contribution is 7.09. The zero-order chi connectivity index (χ0) is 10.1. The topological polar surface area (TPSA) is 42.2 Å². The molecule has 14 heavy (non-hydrogen) atoms. The monoisotopic (exact) mass is 211 g/mol. The molecule has 0 aliphatic heterocycles. The van der Waals surface area contributed by atoms with Crippen LogP contribution >= 0.6 is 11.3 Å². The maximum atomic E-state index is 5.77. The van der Waals surface area contributed by atoms with Crippen LogP contribution in [0.15, 0.2) is 5.51 Å². The Morgan fingerprint density at radius 1 is 1.64 bits per heavy atom. The Morgan fingerprint density at radius 3 is 2.86 bits per heavy atom. The van der Waals surface area contributed by atoms with E-state index in [9.17, 15) is 0 Å². The fourth-order valence-corrected chi connectivity index (χ4v) is 2.66. The van der Waals surface area contributed by atoms with Crippen molar-refractivity contribution in [2.45, 2.75) is 38.4 Å². The summed E-state index contributed by atoms with van der Waals surface area (Å²) in [4.78, 5) is 8.03. The van der Waals surface area contributed by atoms with E-state index in [1.165, 1.54) is 10.6 Å². The van der Waals surface area contributed by atoms with Crippen molar-refractivity contribution in [3.05, 3.63) is 16.1 Å². The van der Waals surface area contributed by atoms with Crippen LogP contribution in [0.1, 0.15) is 23.4 Å². The van der Waals surface area contributed by atoms with E-state index >= 15 is 0 Å². The molecule has 0 bridgehead atoms. The van der Waals surface area contributed by atoms with E-state index in [-0.39, 0.29) is 0 Å². The van der Waals surface area contributed by atoms with Crippen molar-refractivity contribution in [3.63, 3.8) is 0 Å². The Bertz CT molecular complexity index is 304. The molecule has 1 heterocycles. The lowest BCUT2D eigenvalue weighted by atomic mass is 9.86. The zero-order valence-electron chi connectivity index (χ0n) is 8.73. The van der Waals surface area contributed by atoms with Gasteiger partial charge < -0.3 is 5.73 Å². The molecule has 0 saturated heterocycles. The largest absolute Gasteiger partial charge is 0.328 e. The molecule has 1 aliphatic rings. The summed E-state index contributed by atoms with van der Waals surface area (Å²) in [6.45, 7) is 3.10. The highest BCUT2D eigenvalue weighted by Crippen LogP contribution is 2.25. The molecule has 1 saturated carbocycles. The first-order valence-corrected chi connectivity index (χ1v) is 5.89. The van der Waals surface area contributed by atoms with Gasteiger partial charge in [0, 0.05) is 23.5 Å². The lowest BCUT2D eigenvalue weighted by molar-refractivity contribution is 0.133. The average molecular weight is 211 g/mol. The second-order valence-corrected chi connectivity index (χ2v) is 5.10. The van der Waals surface area contributed by atoms with Gasteiger partial charge in [-0.2, -0.15) is 0 Å². The van der Waals surface area contributed by atoms with Crippen molar-refractivity contribution in [1.29, 1.82) is 0 Å². The molecule has 1 fully saturated rings. The summed E-state index contributed by atoms with van der Waals surface area (Å²) < 4.78 is 0. The molecule has 1 aromatic rings. The standard InChI is InChI=1S/C10H17N3S/c1-7-10(14-6-12-7)5-13(2)9-3-8(11)4-9/h6,8-9H,3-5,11H2,1-2H3. The number of nitrogens with zero attached hydrogens (tertiary/aromatic N) is 2. The third-order valence-electron chi connectivity index (χ3n) is 3.01. The van der Waals surface area contributed by atoms with E-state index in [1.807, 2.05) is 5.51 Å². The van der Waals surface area contributed by atoms with Crippen molar-refractivity contribution < 1.29 is 0 Å². The summed E-state index contributed by atoms with van der Waals surface area (Å²) in [7, 11) is 2.18. The molecule has 3 nitrogen and oxygen atoms in total. The van der Waals surface area contributed by atoms with Gasteiger partial charge in [0.2, 0.25) is 0 Å². The fourth-order valence-electron chi connectivity index (χ4n) is 1.82. The maximum Gasteiger partial charge on any atom is 0.0798 e. The van der Waals surface area contributed by atoms with Crippen LogP contribution in [-0.2, 0) is 6.54 Å². The summed E-state index contributed by atoms with van der Waals surface area (Å²) in [6.07, 6.45) is 2.29. The second kappa shape index (κ2) is 3.96. The number of thiazole rings is 1. The Balaban J connectivity index is 1.89. The predicted molar refractivity (Wildman–Crippen MR) is 59.3 cm³/mol. The summed E-state index contributed by atoms with van der Waals surface area (Å²) in [6, 6.07) is 1.12. The van der Waals surface area contributed by atoms with Crippen LogP contribution in [0.2, 0.25) is 0 Å². The minimum atomic E-state index is 0.435. The Morgan fingerprint density at radius 2 is 2.36 bits per heavy atom. The average Bonchev–Trinajstić information content (AvgIpc) is 2.46. The van der Waals surface area contributed by atoms with Gasteiger partial charge >= 0.3 is 0 Å². The maximum absolute atomic E-state index is 5.77. The molecular formula is C10H17N3S. The number of hydrogen-bond acceptors (Lipinski definition) is 4. The molecule has 4 heteroatoms. The highest BCUT2D eigenvalue weighted by atomic mass is 32.1. The van der Waals surface area contributed by atoms with Crippen molar-refractivity contribution in [2.75, 3.05) is 7.05 Å². The summed E-state index contributed by atoms with van der Waals surface area (Å²) in [5, 5.41) is 0. The van der Waals surface area contributed by atoms with Crippen LogP contribution in [0, 0.1) is 6.92 Å². The first kappa shape index (κ1) is 10.1. The molecule has 0 atom stereocenters. The number of rotatable bonds is 3. The number of nitrogens with two attached hydrogens (primary N) is 1. The molecule has 78 valence electrons. The predicted octanol–water partition coefficient (Wildman–Crippen LogP) is 1.37. The summed E-state index contributed by atoms with van der Waals surface area (Å²) in [5.41, 5.74) is 8.87. The molecule has 1 aliphatic carbocycles. The Hall–Kier alpha value is -0.450. The van der Waals surface area contributed by atoms with Gasteiger partial charge in [0.25, 0.3) is 0 Å². The molecule has 0 unspecified atom stereocenters. The zero-order valence-corrected chi connectivity index (χ0v) is 9.55. The van der Waals surface area contributed by atoms with Crippen molar-refractivity contribution >= 4 is 11.3 Å². The highest BCUT2D eigenvalue weighted by Gasteiger charge is 2.29. The van der Waals surface area contributed by atoms with Crippen LogP contribution in [0.4, 0.5) is 0 Å². The van der Waals surface area contributed by atoms with Gasteiger partial charge in [-0.25, -0.2) is 4.98 Å². The first-order valence-electron chi connectivity index (χ1n) is 5.01. The Labute approximate surface area is 88.9 Å².